The molecule has 1 aliphatic rings. The van der Waals surface area contributed by atoms with Crippen LogP contribution in [0.5, 0.6) is 0 Å². The van der Waals surface area contributed by atoms with Gasteiger partial charge in [-0.25, -0.2) is 0 Å². The second kappa shape index (κ2) is 6.10. The predicted octanol–water partition coefficient (Wildman–Crippen LogP) is 3.10. The van der Waals surface area contributed by atoms with Gasteiger partial charge in [0.05, 0.1) is 6.61 Å². The average Bonchev–Trinajstić information content (AvgIpc) is 3.02. The van der Waals surface area contributed by atoms with Crippen molar-refractivity contribution >= 4 is 10.8 Å². The van der Waals surface area contributed by atoms with Gasteiger partial charge in [-0.1, -0.05) is 42.5 Å². The summed E-state index contributed by atoms with van der Waals surface area (Å²) in [6.45, 7) is 5.05. The first-order valence-electron chi connectivity index (χ1n) is 7.90. The van der Waals surface area contributed by atoms with Crippen molar-refractivity contribution < 1.29 is 9.15 Å². The quantitative estimate of drug-likeness (QED) is 0.744. The van der Waals surface area contributed by atoms with Gasteiger partial charge in [0.25, 0.3) is 0 Å². The van der Waals surface area contributed by atoms with Crippen molar-refractivity contribution in [2.75, 3.05) is 19.7 Å². The molecule has 1 aliphatic heterocycles. The third-order valence-electron chi connectivity index (χ3n) is 4.24. The molecule has 4 rings (SSSR count). The van der Waals surface area contributed by atoms with Crippen LogP contribution in [0.3, 0.4) is 0 Å². The van der Waals surface area contributed by atoms with Crippen LogP contribution in [-0.2, 0) is 11.3 Å². The molecule has 1 unspecified atom stereocenters. The first-order valence-corrected chi connectivity index (χ1v) is 7.90. The van der Waals surface area contributed by atoms with E-state index in [1.54, 1.807) is 6.92 Å². The monoisotopic (exact) mass is 309 g/mol. The van der Waals surface area contributed by atoms with Crippen molar-refractivity contribution in [1.82, 2.24) is 15.1 Å². The van der Waals surface area contributed by atoms with Crippen molar-refractivity contribution in [3.8, 4) is 0 Å². The van der Waals surface area contributed by atoms with Gasteiger partial charge >= 0.3 is 0 Å². The van der Waals surface area contributed by atoms with Crippen LogP contribution in [0.15, 0.2) is 46.9 Å². The normalized spacial score (nSPS) is 19.3. The average molecular weight is 309 g/mol. The maximum absolute atomic E-state index is 5.79. The van der Waals surface area contributed by atoms with Gasteiger partial charge in [0.1, 0.15) is 6.10 Å². The highest BCUT2D eigenvalue weighted by Gasteiger charge is 2.26. The van der Waals surface area contributed by atoms with E-state index in [2.05, 4.69) is 57.6 Å². The fraction of sp³-hybridized carbons (Fsp3) is 0.333. The zero-order chi connectivity index (χ0) is 15.6. The first kappa shape index (κ1) is 14.4. The van der Waals surface area contributed by atoms with Crippen LogP contribution < -0.4 is 0 Å². The van der Waals surface area contributed by atoms with E-state index >= 15 is 0 Å². The Balaban J connectivity index is 1.54. The molecule has 0 aliphatic carbocycles. The lowest BCUT2D eigenvalue weighted by atomic mass is 10.0. The van der Waals surface area contributed by atoms with Crippen LogP contribution in [0.1, 0.15) is 23.4 Å². The van der Waals surface area contributed by atoms with Crippen molar-refractivity contribution in [1.29, 1.82) is 0 Å². The summed E-state index contributed by atoms with van der Waals surface area (Å²) in [5.74, 6) is 1.15. The molecule has 3 aromatic rings. The molecule has 0 amide bonds. The summed E-state index contributed by atoms with van der Waals surface area (Å²) in [4.78, 5) is 2.38. The number of nitrogens with zero attached hydrogens (tertiary/aromatic N) is 3. The molecule has 1 atom stereocenters. The van der Waals surface area contributed by atoms with Gasteiger partial charge in [-0.2, -0.15) is 0 Å². The van der Waals surface area contributed by atoms with Gasteiger partial charge in [0.2, 0.25) is 11.8 Å². The molecular formula is C18H19N3O2. The highest BCUT2D eigenvalue weighted by atomic mass is 16.5. The molecule has 5 heteroatoms. The Hall–Kier alpha value is -2.24. The van der Waals surface area contributed by atoms with Gasteiger partial charge < -0.3 is 9.15 Å². The molecule has 0 N–H and O–H groups in total. The highest BCUT2D eigenvalue weighted by Crippen LogP contribution is 2.25. The lowest BCUT2D eigenvalue weighted by Crippen LogP contribution is -2.38. The van der Waals surface area contributed by atoms with E-state index < -0.39 is 0 Å². The lowest BCUT2D eigenvalue weighted by molar-refractivity contribution is -0.0456. The van der Waals surface area contributed by atoms with Crippen LogP contribution in [0.4, 0.5) is 0 Å². The molecular weight excluding hydrogens is 290 g/mol. The number of benzene rings is 2. The molecule has 5 nitrogen and oxygen atoms in total. The summed E-state index contributed by atoms with van der Waals surface area (Å²) < 4.78 is 11.3. The predicted molar refractivity (Wildman–Crippen MR) is 87.0 cm³/mol. The number of aryl methyl sites for hydroxylation is 1. The number of rotatable bonds is 3. The topological polar surface area (TPSA) is 51.4 Å². The van der Waals surface area contributed by atoms with Crippen molar-refractivity contribution in [3.63, 3.8) is 0 Å². The molecule has 0 saturated carbocycles. The summed E-state index contributed by atoms with van der Waals surface area (Å²) in [5.41, 5.74) is 1.34. The SMILES string of the molecule is Cc1nnc(C2CN(Cc3cccc4ccccc34)CCO2)o1. The molecule has 0 spiro atoms. The second-order valence-electron chi connectivity index (χ2n) is 5.89. The molecule has 118 valence electrons. The van der Waals surface area contributed by atoms with E-state index in [-0.39, 0.29) is 6.10 Å². The van der Waals surface area contributed by atoms with Crippen LogP contribution in [0, 0.1) is 6.92 Å². The summed E-state index contributed by atoms with van der Waals surface area (Å²) >= 11 is 0. The number of ether oxygens (including phenoxy) is 1. The summed E-state index contributed by atoms with van der Waals surface area (Å²) in [7, 11) is 0. The number of hydrogen-bond acceptors (Lipinski definition) is 5. The van der Waals surface area contributed by atoms with Gasteiger partial charge in [-0.15, -0.1) is 10.2 Å². The Morgan fingerprint density at radius 1 is 1.13 bits per heavy atom. The Morgan fingerprint density at radius 3 is 2.87 bits per heavy atom. The molecule has 0 bridgehead atoms. The van der Waals surface area contributed by atoms with Gasteiger partial charge in [0.15, 0.2) is 0 Å². The Labute approximate surface area is 134 Å². The Bertz CT molecular complexity index is 809. The summed E-state index contributed by atoms with van der Waals surface area (Å²) in [6.07, 6.45) is -0.139. The van der Waals surface area contributed by atoms with E-state index in [0.717, 1.165) is 19.6 Å². The molecule has 1 fully saturated rings. The number of morpholine rings is 1. The third-order valence-corrected chi connectivity index (χ3v) is 4.24. The zero-order valence-corrected chi connectivity index (χ0v) is 13.1. The zero-order valence-electron chi connectivity index (χ0n) is 13.1. The van der Waals surface area contributed by atoms with Crippen LogP contribution in [0.25, 0.3) is 10.8 Å². The lowest BCUT2D eigenvalue weighted by Gasteiger charge is -2.31. The smallest absolute Gasteiger partial charge is 0.246 e. The number of aromatic nitrogens is 2. The molecule has 2 heterocycles. The maximum Gasteiger partial charge on any atom is 0.246 e. The Kier molecular flexibility index (Phi) is 3.81. The van der Waals surface area contributed by atoms with E-state index in [0.29, 0.717) is 18.4 Å². The highest BCUT2D eigenvalue weighted by molar-refractivity contribution is 5.85. The molecule has 2 aromatic carbocycles. The minimum Gasteiger partial charge on any atom is -0.423 e. The van der Waals surface area contributed by atoms with Crippen molar-refractivity contribution in [2.45, 2.75) is 19.6 Å². The van der Waals surface area contributed by atoms with Crippen molar-refractivity contribution in [2.24, 2.45) is 0 Å². The van der Waals surface area contributed by atoms with Crippen LogP contribution in [0.2, 0.25) is 0 Å². The van der Waals surface area contributed by atoms with Gasteiger partial charge in [0, 0.05) is 26.6 Å². The minimum atomic E-state index is -0.139. The standard InChI is InChI=1S/C18H19N3O2/c1-13-19-20-18(23-13)17-12-21(9-10-22-17)11-15-7-4-6-14-5-2-3-8-16(14)15/h2-8,17H,9-12H2,1H3. The second-order valence-corrected chi connectivity index (χ2v) is 5.89. The number of hydrogen-bond donors (Lipinski definition) is 0. The fourth-order valence-electron chi connectivity index (χ4n) is 3.11. The fourth-order valence-corrected chi connectivity index (χ4v) is 3.11. The molecule has 0 radical (unpaired) electrons. The molecule has 1 aromatic heterocycles. The number of fused-ring (bicyclic) bond motifs is 1. The Morgan fingerprint density at radius 2 is 2.00 bits per heavy atom. The van der Waals surface area contributed by atoms with Crippen LogP contribution in [-0.4, -0.2) is 34.8 Å². The van der Waals surface area contributed by atoms with E-state index in [9.17, 15) is 0 Å². The van der Waals surface area contributed by atoms with Crippen LogP contribution >= 0.6 is 0 Å². The first-order chi connectivity index (χ1) is 11.3. The summed E-state index contributed by atoms with van der Waals surface area (Å²) in [6, 6.07) is 15.0. The largest absolute Gasteiger partial charge is 0.423 e. The van der Waals surface area contributed by atoms with E-state index in [1.807, 2.05) is 0 Å². The van der Waals surface area contributed by atoms with Gasteiger partial charge in [-0.05, 0) is 16.3 Å². The third kappa shape index (κ3) is 2.98. The van der Waals surface area contributed by atoms with Gasteiger partial charge in [-0.3, -0.25) is 4.90 Å². The maximum atomic E-state index is 5.79. The van der Waals surface area contributed by atoms with E-state index in [1.165, 1.54) is 16.3 Å². The van der Waals surface area contributed by atoms with Crippen molar-refractivity contribution in [3.05, 3.63) is 59.8 Å². The van der Waals surface area contributed by atoms with E-state index in [4.69, 9.17) is 9.15 Å². The summed E-state index contributed by atoms with van der Waals surface area (Å²) in [5, 5.41) is 10.6. The minimum absolute atomic E-state index is 0.139. The molecule has 1 saturated heterocycles. The molecule has 23 heavy (non-hydrogen) atoms.